The van der Waals surface area contributed by atoms with Crippen molar-refractivity contribution in [3.8, 4) is 0 Å². The summed E-state index contributed by atoms with van der Waals surface area (Å²) in [4.78, 5) is 0. The third-order valence-electron chi connectivity index (χ3n) is 3.12. The van der Waals surface area contributed by atoms with Crippen LogP contribution in [0.15, 0.2) is 42.5 Å². The fourth-order valence-electron chi connectivity index (χ4n) is 2.24. The second kappa shape index (κ2) is 5.90. The van der Waals surface area contributed by atoms with E-state index in [-0.39, 0.29) is 11.6 Å². The second-order valence-electron chi connectivity index (χ2n) is 5.37. The molecule has 0 fully saturated rings. The van der Waals surface area contributed by atoms with Crippen LogP contribution in [0.5, 0.6) is 0 Å². The summed E-state index contributed by atoms with van der Waals surface area (Å²) in [6, 6.07) is 10.6. The zero-order chi connectivity index (χ0) is 14.8. The van der Waals surface area contributed by atoms with E-state index in [4.69, 9.17) is 17.3 Å². The molecule has 2 aromatic rings. The van der Waals surface area contributed by atoms with Gasteiger partial charge in [-0.3, -0.25) is 0 Å². The van der Waals surface area contributed by atoms with Crippen molar-refractivity contribution in [1.29, 1.82) is 0 Å². The molecule has 1 nitrogen and oxygen atoms in total. The van der Waals surface area contributed by atoms with E-state index in [1.807, 2.05) is 6.92 Å². The molecule has 0 radical (unpaired) electrons. The van der Waals surface area contributed by atoms with E-state index in [0.29, 0.717) is 23.4 Å². The fourth-order valence-corrected chi connectivity index (χ4v) is 2.44. The van der Waals surface area contributed by atoms with E-state index >= 15 is 0 Å². The zero-order valence-corrected chi connectivity index (χ0v) is 11.9. The molecule has 0 aromatic heterocycles. The van der Waals surface area contributed by atoms with Gasteiger partial charge in [0.15, 0.2) is 0 Å². The number of halogens is 3. The van der Waals surface area contributed by atoms with Gasteiger partial charge in [0, 0.05) is 10.6 Å². The number of nitrogens with two attached hydrogens (primary N) is 1. The lowest BCUT2D eigenvalue weighted by Crippen LogP contribution is -2.41. The molecule has 0 bridgehead atoms. The molecule has 1 atom stereocenters. The first kappa shape index (κ1) is 14.9. The molecule has 0 aliphatic heterocycles. The molecular formula is C16H16ClF2N. The molecule has 0 amide bonds. The largest absolute Gasteiger partial charge is 0.325 e. The van der Waals surface area contributed by atoms with E-state index in [9.17, 15) is 8.78 Å². The molecule has 0 saturated carbocycles. The van der Waals surface area contributed by atoms with Crippen LogP contribution in [0.2, 0.25) is 5.02 Å². The third-order valence-corrected chi connectivity index (χ3v) is 3.36. The second-order valence-corrected chi connectivity index (χ2v) is 5.81. The number of hydrogen-bond donors (Lipinski definition) is 1. The van der Waals surface area contributed by atoms with Crippen LogP contribution in [-0.2, 0) is 12.8 Å². The van der Waals surface area contributed by atoms with Crippen molar-refractivity contribution in [2.75, 3.05) is 0 Å². The molecule has 0 heterocycles. The minimum Gasteiger partial charge on any atom is -0.325 e. The molecule has 1 unspecified atom stereocenters. The monoisotopic (exact) mass is 295 g/mol. The van der Waals surface area contributed by atoms with Crippen LogP contribution in [-0.4, -0.2) is 5.54 Å². The lowest BCUT2D eigenvalue weighted by molar-refractivity contribution is 0.451. The molecule has 2 aromatic carbocycles. The van der Waals surface area contributed by atoms with Crippen molar-refractivity contribution in [3.05, 3.63) is 70.2 Å². The molecule has 0 spiro atoms. The number of benzene rings is 2. The van der Waals surface area contributed by atoms with Gasteiger partial charge in [0.1, 0.15) is 11.6 Å². The molecule has 20 heavy (non-hydrogen) atoms. The summed E-state index contributed by atoms with van der Waals surface area (Å²) in [5, 5.41) is 0.485. The summed E-state index contributed by atoms with van der Waals surface area (Å²) in [5.41, 5.74) is 7.00. The van der Waals surface area contributed by atoms with Crippen molar-refractivity contribution in [3.63, 3.8) is 0 Å². The van der Waals surface area contributed by atoms with Gasteiger partial charge < -0.3 is 5.73 Å². The highest BCUT2D eigenvalue weighted by Gasteiger charge is 2.21. The summed E-state index contributed by atoms with van der Waals surface area (Å²) >= 11 is 5.87. The van der Waals surface area contributed by atoms with Crippen molar-refractivity contribution in [1.82, 2.24) is 0 Å². The predicted molar refractivity (Wildman–Crippen MR) is 77.8 cm³/mol. The van der Waals surface area contributed by atoms with Crippen LogP contribution < -0.4 is 5.73 Å². The molecule has 2 N–H and O–H groups in total. The van der Waals surface area contributed by atoms with Crippen molar-refractivity contribution >= 4 is 11.6 Å². The molecule has 0 saturated heterocycles. The maximum Gasteiger partial charge on any atom is 0.126 e. The van der Waals surface area contributed by atoms with E-state index in [0.717, 1.165) is 5.56 Å². The summed E-state index contributed by atoms with van der Waals surface area (Å²) in [7, 11) is 0. The standard InChI is InChI=1S/C16H16ClF2N/c1-16(20,9-11-2-5-14(18)6-3-11)10-12-8-13(17)4-7-15(12)19/h2-8H,9-10,20H2,1H3. The first-order chi connectivity index (χ1) is 9.35. The molecule has 106 valence electrons. The van der Waals surface area contributed by atoms with Crippen molar-refractivity contribution in [2.24, 2.45) is 5.73 Å². The third kappa shape index (κ3) is 4.02. The highest BCUT2D eigenvalue weighted by molar-refractivity contribution is 6.30. The average Bonchev–Trinajstić information content (AvgIpc) is 2.36. The van der Waals surface area contributed by atoms with Crippen molar-refractivity contribution < 1.29 is 8.78 Å². The Balaban J connectivity index is 2.14. The van der Waals surface area contributed by atoms with Gasteiger partial charge in [-0.25, -0.2) is 8.78 Å². The van der Waals surface area contributed by atoms with Crippen LogP contribution in [0.25, 0.3) is 0 Å². The van der Waals surface area contributed by atoms with Crippen LogP contribution in [0, 0.1) is 11.6 Å². The highest BCUT2D eigenvalue weighted by Crippen LogP contribution is 2.21. The number of hydrogen-bond acceptors (Lipinski definition) is 1. The minimum atomic E-state index is -0.636. The quantitative estimate of drug-likeness (QED) is 0.902. The van der Waals surface area contributed by atoms with Gasteiger partial charge in [0.25, 0.3) is 0 Å². The van der Waals surface area contributed by atoms with Gasteiger partial charge in [-0.2, -0.15) is 0 Å². The Bertz CT molecular complexity index is 594. The Morgan fingerprint density at radius 1 is 1.05 bits per heavy atom. The van der Waals surface area contributed by atoms with Gasteiger partial charge in [0.05, 0.1) is 0 Å². The smallest absolute Gasteiger partial charge is 0.126 e. The molecular weight excluding hydrogens is 280 g/mol. The number of rotatable bonds is 4. The Morgan fingerprint density at radius 3 is 2.35 bits per heavy atom. The predicted octanol–water partition coefficient (Wildman–Crippen LogP) is 4.12. The maximum atomic E-state index is 13.7. The molecule has 0 aliphatic rings. The fraction of sp³-hybridized carbons (Fsp3) is 0.250. The Kier molecular flexibility index (Phi) is 4.41. The van der Waals surface area contributed by atoms with Gasteiger partial charge >= 0.3 is 0 Å². The van der Waals surface area contributed by atoms with E-state index in [1.54, 1.807) is 18.2 Å². The minimum absolute atomic E-state index is 0.284. The summed E-state index contributed by atoms with van der Waals surface area (Å²) in [6.07, 6.45) is 0.885. The van der Waals surface area contributed by atoms with Crippen LogP contribution in [0.4, 0.5) is 8.78 Å². The van der Waals surface area contributed by atoms with E-state index < -0.39 is 5.54 Å². The summed E-state index contributed by atoms with van der Waals surface area (Å²) in [5.74, 6) is -0.599. The van der Waals surface area contributed by atoms with Gasteiger partial charge in [-0.05, 0) is 61.2 Å². The maximum absolute atomic E-state index is 13.7. The average molecular weight is 296 g/mol. The summed E-state index contributed by atoms with van der Waals surface area (Å²) in [6.45, 7) is 1.84. The topological polar surface area (TPSA) is 26.0 Å². The SMILES string of the molecule is CC(N)(Cc1ccc(F)cc1)Cc1cc(Cl)ccc1F. The van der Waals surface area contributed by atoms with Crippen LogP contribution >= 0.6 is 11.6 Å². The Labute approximate surface area is 122 Å². The van der Waals surface area contributed by atoms with Crippen LogP contribution in [0.3, 0.4) is 0 Å². The highest BCUT2D eigenvalue weighted by atomic mass is 35.5. The van der Waals surface area contributed by atoms with Gasteiger partial charge in [0.2, 0.25) is 0 Å². The van der Waals surface area contributed by atoms with Crippen LogP contribution in [0.1, 0.15) is 18.1 Å². The first-order valence-electron chi connectivity index (χ1n) is 6.33. The Morgan fingerprint density at radius 2 is 1.70 bits per heavy atom. The molecule has 2 rings (SSSR count). The molecule has 4 heteroatoms. The van der Waals surface area contributed by atoms with E-state index in [1.165, 1.54) is 24.3 Å². The molecule has 0 aliphatic carbocycles. The van der Waals surface area contributed by atoms with Crippen molar-refractivity contribution in [2.45, 2.75) is 25.3 Å². The normalized spacial score (nSPS) is 14.1. The summed E-state index contributed by atoms with van der Waals surface area (Å²) < 4.78 is 26.6. The Hall–Kier alpha value is -1.45. The zero-order valence-electron chi connectivity index (χ0n) is 11.2. The lowest BCUT2D eigenvalue weighted by atomic mass is 9.87. The van der Waals surface area contributed by atoms with Gasteiger partial charge in [-0.15, -0.1) is 0 Å². The lowest BCUT2D eigenvalue weighted by Gasteiger charge is -2.25. The first-order valence-corrected chi connectivity index (χ1v) is 6.71. The van der Waals surface area contributed by atoms with E-state index in [2.05, 4.69) is 0 Å². The van der Waals surface area contributed by atoms with Gasteiger partial charge in [-0.1, -0.05) is 23.7 Å².